The normalized spacial score (nSPS) is 12.2. The molecule has 1 nitrogen and oxygen atoms in total. The zero-order valence-electron chi connectivity index (χ0n) is 18.1. The van der Waals surface area contributed by atoms with Crippen molar-refractivity contribution in [1.82, 2.24) is 0 Å². The van der Waals surface area contributed by atoms with Gasteiger partial charge in [-0.15, -0.1) is 6.42 Å². The van der Waals surface area contributed by atoms with Gasteiger partial charge >= 0.3 is 0 Å². The predicted molar refractivity (Wildman–Crippen MR) is 129 cm³/mol. The average molecular weight is 518 g/mol. The number of nitrogens with zero attached hydrogens (tertiary/aromatic N) is 1. The second-order valence-corrected chi connectivity index (χ2v) is 9.42. The van der Waals surface area contributed by atoms with E-state index in [4.69, 9.17) is 6.42 Å². The molecule has 1 aromatic rings. The van der Waals surface area contributed by atoms with Crippen molar-refractivity contribution >= 4 is 22.6 Å². The molecule has 1 unspecified atom stereocenters. The van der Waals surface area contributed by atoms with Crippen LogP contribution in [-0.2, 0) is 6.42 Å². The molecule has 0 saturated heterocycles. The van der Waals surface area contributed by atoms with Crippen molar-refractivity contribution in [3.05, 3.63) is 35.9 Å². The fraction of sp³-hybridized carbons (Fsp3) is 0.680. The maximum absolute atomic E-state index is 5.88. The van der Waals surface area contributed by atoms with Gasteiger partial charge in [-0.2, -0.15) is 0 Å². The van der Waals surface area contributed by atoms with Crippen molar-refractivity contribution in [3.8, 4) is 12.3 Å². The molecule has 0 aliphatic rings. The van der Waals surface area contributed by atoms with Gasteiger partial charge in [0.05, 0.1) is 13.1 Å². The number of halogens is 2. The van der Waals surface area contributed by atoms with E-state index in [0.29, 0.717) is 4.05 Å². The Balaban J connectivity index is 0.00000729. The third kappa shape index (κ3) is 11.1. The first kappa shape index (κ1) is 27.8. The molecule has 28 heavy (non-hydrogen) atoms. The second-order valence-electron chi connectivity index (χ2n) is 7.98. The maximum Gasteiger partial charge on any atom is 0.144 e. The molecule has 0 aliphatic carbocycles. The minimum absolute atomic E-state index is 0. The number of rotatable bonds is 16. The Bertz CT molecular complexity index is 497. The summed E-state index contributed by atoms with van der Waals surface area (Å²) in [6, 6.07) is 10.9. The van der Waals surface area contributed by atoms with E-state index in [1.807, 2.05) is 0 Å². The number of benzene rings is 1. The van der Waals surface area contributed by atoms with Crippen molar-refractivity contribution in [3.63, 3.8) is 0 Å². The molecule has 0 fully saturated rings. The molecule has 0 aromatic heterocycles. The van der Waals surface area contributed by atoms with Crippen LogP contribution in [-0.4, -0.2) is 28.2 Å². The Morgan fingerprint density at radius 1 is 0.857 bits per heavy atom. The summed E-state index contributed by atoms with van der Waals surface area (Å²) in [6.07, 6.45) is 20.4. The first-order valence-corrected chi connectivity index (χ1v) is 12.4. The SMILES string of the molecule is C#CC[N+](CCCCCCC)(CCCCCCC)C(I)Cc1ccccc1.[Cl-]. The van der Waals surface area contributed by atoms with E-state index in [-0.39, 0.29) is 12.4 Å². The highest BCUT2D eigenvalue weighted by molar-refractivity contribution is 14.1. The Morgan fingerprint density at radius 3 is 1.82 bits per heavy atom. The van der Waals surface area contributed by atoms with Crippen molar-refractivity contribution < 1.29 is 16.9 Å². The summed E-state index contributed by atoms with van der Waals surface area (Å²) in [4.78, 5) is 0. The van der Waals surface area contributed by atoms with Gasteiger partial charge in [0.1, 0.15) is 10.6 Å². The van der Waals surface area contributed by atoms with Crippen LogP contribution >= 0.6 is 22.6 Å². The van der Waals surface area contributed by atoms with Gasteiger partial charge in [0.15, 0.2) is 0 Å². The van der Waals surface area contributed by atoms with E-state index in [2.05, 4.69) is 72.7 Å². The van der Waals surface area contributed by atoms with Crippen LogP contribution in [0, 0.1) is 12.3 Å². The fourth-order valence-corrected chi connectivity index (χ4v) is 5.16. The highest BCUT2D eigenvalue weighted by Crippen LogP contribution is 2.26. The van der Waals surface area contributed by atoms with Crippen molar-refractivity contribution in [1.29, 1.82) is 0 Å². The van der Waals surface area contributed by atoms with Crippen LogP contribution in [0.25, 0.3) is 0 Å². The van der Waals surface area contributed by atoms with E-state index < -0.39 is 0 Å². The monoisotopic (exact) mass is 517 g/mol. The molecule has 1 rings (SSSR count). The van der Waals surface area contributed by atoms with Crippen molar-refractivity contribution in [2.24, 2.45) is 0 Å². The third-order valence-electron chi connectivity index (χ3n) is 5.66. The fourth-order valence-electron chi connectivity index (χ4n) is 3.89. The summed E-state index contributed by atoms with van der Waals surface area (Å²) >= 11 is 2.70. The summed E-state index contributed by atoms with van der Waals surface area (Å²) in [5.41, 5.74) is 1.44. The molecule has 3 heteroatoms. The van der Waals surface area contributed by atoms with E-state index in [1.165, 1.54) is 82.9 Å². The Hall–Kier alpha value is -0.240. The molecule has 0 amide bonds. The molecule has 0 aliphatic heterocycles. The van der Waals surface area contributed by atoms with Crippen LogP contribution in [0.4, 0.5) is 0 Å². The van der Waals surface area contributed by atoms with Crippen LogP contribution in [0.5, 0.6) is 0 Å². The van der Waals surface area contributed by atoms with Gasteiger partial charge in [0.2, 0.25) is 0 Å². The van der Waals surface area contributed by atoms with E-state index in [1.54, 1.807) is 0 Å². The first-order chi connectivity index (χ1) is 13.2. The van der Waals surface area contributed by atoms with E-state index in [0.717, 1.165) is 17.4 Å². The van der Waals surface area contributed by atoms with Gasteiger partial charge in [0, 0.05) is 6.42 Å². The lowest BCUT2D eigenvalue weighted by Crippen LogP contribution is -3.00. The minimum atomic E-state index is 0. The standard InChI is InChI=1S/C25H41IN.ClH/c1-4-7-9-11-16-21-27(20-6-3,22-17-12-10-8-5-2)25(26)23-24-18-14-13-15-19-24;/h3,13-15,18-19,25H,4-5,7-12,16-17,20-23H2,1-2H3;1H/q+1;/p-1. The molecule has 0 radical (unpaired) electrons. The highest BCUT2D eigenvalue weighted by Gasteiger charge is 2.33. The quantitative estimate of drug-likeness (QED) is 0.0762. The second kappa shape index (κ2) is 17.6. The zero-order chi connectivity index (χ0) is 19.8. The topological polar surface area (TPSA) is 0 Å². The van der Waals surface area contributed by atoms with Crippen LogP contribution < -0.4 is 12.4 Å². The molecule has 160 valence electrons. The Labute approximate surface area is 195 Å². The molecule has 1 atom stereocenters. The number of alkyl halides is 1. The number of unbranched alkanes of at least 4 members (excludes halogenated alkanes) is 8. The van der Waals surface area contributed by atoms with Crippen molar-refractivity contribution in [2.75, 3.05) is 19.6 Å². The van der Waals surface area contributed by atoms with Crippen LogP contribution in [0.3, 0.4) is 0 Å². The van der Waals surface area contributed by atoms with Gasteiger partial charge in [-0.25, -0.2) is 0 Å². The molecular formula is C25H41ClIN. The summed E-state index contributed by atoms with van der Waals surface area (Å²) < 4.78 is 1.66. The lowest BCUT2D eigenvalue weighted by Gasteiger charge is -2.42. The van der Waals surface area contributed by atoms with Gasteiger partial charge in [-0.05, 0) is 59.8 Å². The predicted octanol–water partition coefficient (Wildman–Crippen LogP) is 4.39. The lowest BCUT2D eigenvalue weighted by atomic mass is 10.1. The molecular weight excluding hydrogens is 477 g/mol. The molecule has 0 spiro atoms. The Morgan fingerprint density at radius 2 is 1.36 bits per heavy atom. The smallest absolute Gasteiger partial charge is 0.144 e. The third-order valence-corrected chi connectivity index (χ3v) is 7.28. The van der Waals surface area contributed by atoms with Crippen LogP contribution in [0.15, 0.2) is 30.3 Å². The highest BCUT2D eigenvalue weighted by atomic mass is 127. The van der Waals surface area contributed by atoms with Gasteiger partial charge in [-0.3, -0.25) is 0 Å². The zero-order valence-corrected chi connectivity index (χ0v) is 21.1. The first-order valence-electron chi connectivity index (χ1n) is 11.2. The van der Waals surface area contributed by atoms with E-state index >= 15 is 0 Å². The van der Waals surface area contributed by atoms with Gasteiger partial charge < -0.3 is 16.9 Å². The maximum atomic E-state index is 5.88. The number of hydrogen-bond donors (Lipinski definition) is 0. The number of hydrogen-bond acceptors (Lipinski definition) is 0. The van der Waals surface area contributed by atoms with Gasteiger partial charge in [-0.1, -0.05) is 82.7 Å². The minimum Gasteiger partial charge on any atom is -1.00 e. The molecule has 0 heterocycles. The molecule has 0 N–H and O–H groups in total. The van der Waals surface area contributed by atoms with Crippen LogP contribution in [0.2, 0.25) is 0 Å². The summed E-state index contributed by atoms with van der Waals surface area (Å²) in [5, 5.41) is 0. The number of terminal acetylenes is 1. The summed E-state index contributed by atoms with van der Waals surface area (Å²) in [7, 11) is 0. The molecule has 0 bridgehead atoms. The van der Waals surface area contributed by atoms with Crippen LogP contribution in [0.1, 0.15) is 83.6 Å². The average Bonchev–Trinajstić information content (AvgIpc) is 2.68. The lowest BCUT2D eigenvalue weighted by molar-refractivity contribution is -0.927. The van der Waals surface area contributed by atoms with Gasteiger partial charge in [0.25, 0.3) is 0 Å². The number of quaternary nitrogens is 1. The van der Waals surface area contributed by atoms with Crippen molar-refractivity contribution in [2.45, 2.75) is 88.5 Å². The summed E-state index contributed by atoms with van der Waals surface area (Å²) in [6.45, 7) is 7.93. The van der Waals surface area contributed by atoms with E-state index in [9.17, 15) is 0 Å². The summed E-state index contributed by atoms with van der Waals surface area (Å²) in [5.74, 6) is 3.05. The Kier molecular flexibility index (Phi) is 17.5. The largest absolute Gasteiger partial charge is 1.00 e. The molecule has 1 aromatic carbocycles. The molecule has 0 saturated carbocycles.